The number of alkyl halides is 3. The number of rotatable bonds is 5. The molecule has 1 atom stereocenters. The monoisotopic (exact) mass is 451 g/mol. The molecular formula is C22H17F4NO3S. The van der Waals surface area contributed by atoms with Crippen LogP contribution in [0.3, 0.4) is 0 Å². The van der Waals surface area contributed by atoms with E-state index in [1.165, 1.54) is 42.5 Å². The number of allylic oxidation sites excluding steroid dienone is 3. The zero-order valence-corrected chi connectivity index (χ0v) is 17.0. The van der Waals surface area contributed by atoms with Gasteiger partial charge >= 0.3 is 6.18 Å². The van der Waals surface area contributed by atoms with E-state index in [-0.39, 0.29) is 28.2 Å². The van der Waals surface area contributed by atoms with E-state index in [1.54, 1.807) is 0 Å². The van der Waals surface area contributed by atoms with Crippen molar-refractivity contribution in [1.82, 2.24) is 5.32 Å². The van der Waals surface area contributed by atoms with Crippen LogP contribution >= 0.6 is 0 Å². The largest absolute Gasteiger partial charge is 0.431 e. The Morgan fingerprint density at radius 3 is 2.16 bits per heavy atom. The van der Waals surface area contributed by atoms with Gasteiger partial charge in [-0.25, -0.2) is 12.8 Å². The van der Waals surface area contributed by atoms with Gasteiger partial charge in [0.15, 0.2) is 9.84 Å². The van der Waals surface area contributed by atoms with Crippen LogP contribution in [-0.2, 0) is 14.6 Å². The predicted molar refractivity (Wildman–Crippen MR) is 109 cm³/mol. The summed E-state index contributed by atoms with van der Waals surface area (Å²) in [6.07, 6.45) is 1.63. The fourth-order valence-electron chi connectivity index (χ4n) is 3.12. The van der Waals surface area contributed by atoms with E-state index in [4.69, 9.17) is 11.2 Å². The normalized spacial score (nSPS) is 17.0. The molecule has 1 heterocycles. The summed E-state index contributed by atoms with van der Waals surface area (Å²) in [5, 5.41) is 2.30. The second-order valence-corrected chi connectivity index (χ2v) is 8.73. The van der Waals surface area contributed by atoms with E-state index in [0.29, 0.717) is 5.56 Å². The molecule has 0 saturated carbocycles. The third kappa shape index (κ3) is 5.16. The minimum absolute atomic E-state index is 0.0225. The molecule has 1 unspecified atom stereocenters. The topological polar surface area (TPSA) is 55.4 Å². The third-order valence-corrected chi connectivity index (χ3v) is 5.61. The van der Waals surface area contributed by atoms with E-state index in [2.05, 4.69) is 11.2 Å². The Labute approximate surface area is 177 Å². The third-order valence-electron chi connectivity index (χ3n) is 4.48. The Morgan fingerprint density at radius 1 is 1.06 bits per heavy atom. The van der Waals surface area contributed by atoms with Gasteiger partial charge in [-0.1, -0.05) is 30.2 Å². The lowest BCUT2D eigenvalue weighted by Crippen LogP contribution is -2.39. The van der Waals surface area contributed by atoms with Crippen LogP contribution in [-0.4, -0.2) is 33.7 Å². The number of sulfone groups is 1. The van der Waals surface area contributed by atoms with Crippen LogP contribution in [0.15, 0.2) is 65.2 Å². The molecule has 0 spiro atoms. The maximum absolute atomic E-state index is 14.0. The summed E-state index contributed by atoms with van der Waals surface area (Å²) in [6, 6.07) is 10.0. The Bertz CT molecular complexity index is 1170. The van der Waals surface area contributed by atoms with E-state index < -0.39 is 33.8 Å². The summed E-state index contributed by atoms with van der Waals surface area (Å²) in [6.45, 7) is -0.231. The number of ether oxygens (including phenoxy) is 1. The van der Waals surface area contributed by atoms with Gasteiger partial charge in [-0.2, -0.15) is 13.2 Å². The molecule has 4 nitrogen and oxygen atoms in total. The lowest BCUT2D eigenvalue weighted by molar-refractivity contribution is -0.101. The van der Waals surface area contributed by atoms with Crippen molar-refractivity contribution in [1.29, 1.82) is 0 Å². The fraction of sp³-hybridized carbons (Fsp3) is 0.182. The van der Waals surface area contributed by atoms with Gasteiger partial charge < -0.3 is 10.1 Å². The molecule has 0 radical (unpaired) electrons. The van der Waals surface area contributed by atoms with Gasteiger partial charge in [-0.3, -0.25) is 0 Å². The molecular weight excluding hydrogens is 434 g/mol. The quantitative estimate of drug-likeness (QED) is 0.548. The second kappa shape index (κ2) is 8.57. The maximum Gasteiger partial charge on any atom is 0.431 e. The van der Waals surface area contributed by atoms with Crippen molar-refractivity contribution < 1.29 is 30.7 Å². The van der Waals surface area contributed by atoms with Gasteiger partial charge in [0, 0.05) is 11.8 Å². The second-order valence-electron chi connectivity index (χ2n) is 6.71. The Balaban J connectivity index is 2.22. The Hall–Kier alpha value is -3.09. The molecule has 31 heavy (non-hydrogen) atoms. The van der Waals surface area contributed by atoms with Crippen molar-refractivity contribution >= 4 is 21.0 Å². The van der Waals surface area contributed by atoms with E-state index in [0.717, 1.165) is 18.4 Å². The number of hydrogen-bond donors (Lipinski definition) is 1. The molecule has 0 bridgehead atoms. The molecule has 1 N–H and O–H groups in total. The number of terminal acetylenes is 1. The molecule has 1 aliphatic heterocycles. The van der Waals surface area contributed by atoms with Crippen molar-refractivity contribution in [3.8, 4) is 12.3 Å². The molecule has 0 aliphatic carbocycles. The molecule has 9 heteroatoms. The smallest absolute Gasteiger partial charge is 0.352 e. The fourth-order valence-corrected chi connectivity index (χ4v) is 3.75. The molecule has 0 amide bonds. The van der Waals surface area contributed by atoms with Crippen LogP contribution < -0.4 is 5.32 Å². The highest BCUT2D eigenvalue weighted by molar-refractivity contribution is 7.90. The van der Waals surface area contributed by atoms with Crippen molar-refractivity contribution in [2.75, 3.05) is 12.9 Å². The van der Waals surface area contributed by atoms with Crippen molar-refractivity contribution in [2.45, 2.75) is 17.3 Å². The van der Waals surface area contributed by atoms with Gasteiger partial charge in [-0.15, -0.1) is 6.42 Å². The van der Waals surface area contributed by atoms with Crippen molar-refractivity contribution in [2.24, 2.45) is 0 Å². The molecule has 0 saturated heterocycles. The highest BCUT2D eigenvalue weighted by Gasteiger charge is 2.41. The first-order chi connectivity index (χ1) is 14.5. The molecule has 162 valence electrons. The Morgan fingerprint density at radius 2 is 1.65 bits per heavy atom. The maximum atomic E-state index is 14.0. The summed E-state index contributed by atoms with van der Waals surface area (Å²) in [7, 11) is -3.49. The first-order valence-electron chi connectivity index (χ1n) is 8.92. The van der Waals surface area contributed by atoms with E-state index >= 15 is 0 Å². The van der Waals surface area contributed by atoms with Gasteiger partial charge in [0.05, 0.1) is 4.90 Å². The zero-order chi connectivity index (χ0) is 22.8. The first kappa shape index (κ1) is 22.6. The summed E-state index contributed by atoms with van der Waals surface area (Å²) in [5.41, 5.74) is -0.718. The molecule has 0 fully saturated rings. The minimum atomic E-state index is -4.78. The zero-order valence-electron chi connectivity index (χ0n) is 16.2. The highest BCUT2D eigenvalue weighted by Crippen LogP contribution is 2.42. The summed E-state index contributed by atoms with van der Waals surface area (Å²) < 4.78 is 84.0. The average molecular weight is 451 g/mol. The lowest BCUT2D eigenvalue weighted by Gasteiger charge is -2.30. The van der Waals surface area contributed by atoms with E-state index in [1.807, 2.05) is 0 Å². The van der Waals surface area contributed by atoms with Gasteiger partial charge in [0.2, 0.25) is 0 Å². The van der Waals surface area contributed by atoms with Crippen LogP contribution in [0.5, 0.6) is 0 Å². The van der Waals surface area contributed by atoms with Gasteiger partial charge in [-0.05, 0) is 47.0 Å². The molecule has 0 aromatic heterocycles. The summed E-state index contributed by atoms with van der Waals surface area (Å²) in [5.74, 6) is 1.60. The SMILES string of the molecule is C#CCOC1C=C(c2ccc(S(C)(=O)=O)cc2)C(c2ccc(F)cc2)=C(C(F)(F)F)N1. The number of nitrogens with one attached hydrogen (secondary N) is 1. The van der Waals surface area contributed by atoms with Crippen LogP contribution in [0.1, 0.15) is 11.1 Å². The van der Waals surface area contributed by atoms with Crippen LogP contribution in [0, 0.1) is 18.2 Å². The van der Waals surface area contributed by atoms with Crippen LogP contribution in [0.4, 0.5) is 17.6 Å². The number of benzene rings is 2. The van der Waals surface area contributed by atoms with Crippen molar-refractivity contribution in [3.63, 3.8) is 0 Å². The standard InChI is InChI=1S/C22H17F4NO3S/c1-3-12-30-19-13-18(14-6-10-17(11-7-14)31(2,28)29)20(21(27-19)22(24,25)26)15-4-8-16(23)9-5-15/h1,4-11,13,19,27H,12H2,2H3. The van der Waals surface area contributed by atoms with Gasteiger partial charge in [0.25, 0.3) is 0 Å². The van der Waals surface area contributed by atoms with Gasteiger partial charge in [0.1, 0.15) is 24.3 Å². The number of hydrogen-bond acceptors (Lipinski definition) is 4. The average Bonchev–Trinajstić information content (AvgIpc) is 2.71. The lowest BCUT2D eigenvalue weighted by atomic mass is 9.88. The molecule has 2 aromatic rings. The number of dihydropyridines is 1. The van der Waals surface area contributed by atoms with Crippen LogP contribution in [0.25, 0.3) is 11.1 Å². The van der Waals surface area contributed by atoms with Crippen LogP contribution in [0.2, 0.25) is 0 Å². The Kier molecular flexibility index (Phi) is 6.25. The molecule has 3 rings (SSSR count). The summed E-state index contributed by atoms with van der Waals surface area (Å²) in [4.78, 5) is 0.0225. The van der Waals surface area contributed by atoms with E-state index in [9.17, 15) is 26.0 Å². The predicted octanol–water partition coefficient (Wildman–Crippen LogP) is 4.17. The highest BCUT2D eigenvalue weighted by atomic mass is 32.2. The number of halogens is 4. The minimum Gasteiger partial charge on any atom is -0.352 e. The summed E-state index contributed by atoms with van der Waals surface area (Å²) >= 11 is 0. The molecule has 2 aromatic carbocycles. The van der Waals surface area contributed by atoms with Crippen molar-refractivity contribution in [3.05, 3.63) is 77.2 Å². The first-order valence-corrected chi connectivity index (χ1v) is 10.8. The molecule has 1 aliphatic rings.